The molecule has 0 aromatic heterocycles. The average Bonchev–Trinajstić information content (AvgIpc) is 2.86. The Labute approximate surface area is 151 Å². The summed E-state index contributed by atoms with van der Waals surface area (Å²) in [6, 6.07) is 5.84. The van der Waals surface area contributed by atoms with Gasteiger partial charge in [-0.05, 0) is 37.1 Å². The van der Waals surface area contributed by atoms with Gasteiger partial charge in [-0.25, -0.2) is 4.79 Å². The van der Waals surface area contributed by atoms with E-state index >= 15 is 0 Å². The minimum atomic E-state index is -0.829. The van der Waals surface area contributed by atoms with Gasteiger partial charge < -0.3 is 16.0 Å². The molecule has 2 fully saturated rings. The minimum absolute atomic E-state index is 0.222. The highest BCUT2D eigenvalue weighted by atomic mass is 16.2. The van der Waals surface area contributed by atoms with Crippen LogP contribution in [0.1, 0.15) is 42.5 Å². The van der Waals surface area contributed by atoms with Gasteiger partial charge in [0.2, 0.25) is 5.91 Å². The van der Waals surface area contributed by atoms with Gasteiger partial charge in [0, 0.05) is 18.3 Å². The number of rotatable bonds is 4. The van der Waals surface area contributed by atoms with Crippen LogP contribution in [0.4, 0.5) is 10.5 Å². The standard InChI is InChI=1S/C18H22N4O4/c1-19-15(24)12-5-7-13(8-6-12)20-14(23)11-22-16(25)18(21-17(22)26)9-3-2-4-10-18/h5-8H,2-4,9-11H2,1H3,(H,19,24)(H,20,23)(H,21,26). The van der Waals surface area contributed by atoms with Crippen LogP contribution in [-0.2, 0) is 9.59 Å². The van der Waals surface area contributed by atoms with Crippen LogP contribution in [0.2, 0.25) is 0 Å². The summed E-state index contributed by atoms with van der Waals surface area (Å²) in [4.78, 5) is 49.6. The number of nitrogens with zero attached hydrogens (tertiary/aromatic N) is 1. The Hall–Kier alpha value is -2.90. The molecule has 0 unspecified atom stereocenters. The fraction of sp³-hybridized carbons (Fsp3) is 0.444. The van der Waals surface area contributed by atoms with Crippen LogP contribution in [0.25, 0.3) is 0 Å². The molecule has 8 nitrogen and oxygen atoms in total. The third-order valence-electron chi connectivity index (χ3n) is 4.91. The van der Waals surface area contributed by atoms with Crippen LogP contribution < -0.4 is 16.0 Å². The normalized spacial score (nSPS) is 18.6. The number of anilines is 1. The number of hydrogen-bond acceptors (Lipinski definition) is 4. The number of urea groups is 1. The number of carbonyl (C=O) groups is 4. The number of imide groups is 1. The smallest absolute Gasteiger partial charge is 0.325 e. The Morgan fingerprint density at radius 1 is 1.12 bits per heavy atom. The Morgan fingerprint density at radius 3 is 2.38 bits per heavy atom. The van der Waals surface area contributed by atoms with Gasteiger partial charge in [-0.15, -0.1) is 0 Å². The second-order valence-electron chi connectivity index (χ2n) is 6.67. The lowest BCUT2D eigenvalue weighted by atomic mass is 9.82. The highest BCUT2D eigenvalue weighted by molar-refractivity contribution is 6.10. The summed E-state index contributed by atoms with van der Waals surface area (Å²) in [5.41, 5.74) is 0.131. The van der Waals surface area contributed by atoms with E-state index in [-0.39, 0.29) is 18.4 Å². The zero-order chi connectivity index (χ0) is 18.7. The number of nitrogens with one attached hydrogen (secondary N) is 3. The zero-order valence-corrected chi connectivity index (χ0v) is 14.6. The van der Waals surface area contributed by atoms with Crippen molar-refractivity contribution in [1.82, 2.24) is 15.5 Å². The van der Waals surface area contributed by atoms with E-state index < -0.39 is 17.5 Å². The molecule has 1 saturated heterocycles. The topological polar surface area (TPSA) is 108 Å². The molecular weight excluding hydrogens is 336 g/mol. The van der Waals surface area contributed by atoms with E-state index in [1.54, 1.807) is 24.3 Å². The predicted octanol–water partition coefficient (Wildman–Crippen LogP) is 1.24. The Balaban J connectivity index is 1.62. The van der Waals surface area contributed by atoms with E-state index in [0.29, 0.717) is 24.1 Å². The van der Waals surface area contributed by atoms with Crippen LogP contribution in [-0.4, -0.2) is 47.8 Å². The van der Waals surface area contributed by atoms with Crippen LogP contribution in [0.3, 0.4) is 0 Å². The fourth-order valence-corrected chi connectivity index (χ4v) is 3.51. The zero-order valence-electron chi connectivity index (χ0n) is 14.6. The molecule has 138 valence electrons. The molecule has 1 aliphatic carbocycles. The number of carbonyl (C=O) groups excluding carboxylic acids is 4. The maximum absolute atomic E-state index is 12.7. The van der Waals surface area contributed by atoms with Gasteiger partial charge in [0.1, 0.15) is 12.1 Å². The van der Waals surface area contributed by atoms with Gasteiger partial charge in [0.15, 0.2) is 0 Å². The van der Waals surface area contributed by atoms with Gasteiger partial charge in [-0.3, -0.25) is 19.3 Å². The van der Waals surface area contributed by atoms with E-state index in [9.17, 15) is 19.2 Å². The van der Waals surface area contributed by atoms with Crippen molar-refractivity contribution in [2.24, 2.45) is 0 Å². The minimum Gasteiger partial charge on any atom is -0.355 e. The summed E-state index contributed by atoms with van der Waals surface area (Å²) in [7, 11) is 1.54. The molecule has 0 bridgehead atoms. The summed E-state index contributed by atoms with van der Waals surface area (Å²) >= 11 is 0. The largest absolute Gasteiger partial charge is 0.355 e. The molecule has 1 heterocycles. The quantitative estimate of drug-likeness (QED) is 0.704. The maximum Gasteiger partial charge on any atom is 0.325 e. The first kappa shape index (κ1) is 17.9. The lowest BCUT2D eigenvalue weighted by Crippen LogP contribution is -2.48. The van der Waals surface area contributed by atoms with Gasteiger partial charge >= 0.3 is 6.03 Å². The van der Waals surface area contributed by atoms with Crippen LogP contribution in [0.15, 0.2) is 24.3 Å². The average molecular weight is 358 g/mol. The summed E-state index contributed by atoms with van der Waals surface area (Å²) < 4.78 is 0. The van der Waals surface area contributed by atoms with Crippen molar-refractivity contribution in [1.29, 1.82) is 0 Å². The van der Waals surface area contributed by atoms with Gasteiger partial charge in [-0.1, -0.05) is 19.3 Å². The molecule has 5 amide bonds. The SMILES string of the molecule is CNC(=O)c1ccc(NC(=O)CN2C(=O)NC3(CCCCC3)C2=O)cc1. The Bertz CT molecular complexity index is 738. The lowest BCUT2D eigenvalue weighted by Gasteiger charge is -2.30. The first-order chi connectivity index (χ1) is 12.4. The summed E-state index contributed by atoms with van der Waals surface area (Å²) in [5, 5.41) is 7.93. The van der Waals surface area contributed by atoms with Crippen LogP contribution in [0.5, 0.6) is 0 Å². The van der Waals surface area contributed by atoms with Crippen LogP contribution in [0, 0.1) is 0 Å². The van der Waals surface area contributed by atoms with E-state index in [0.717, 1.165) is 24.2 Å². The summed E-state index contributed by atoms with van der Waals surface area (Å²) in [6.45, 7) is -0.330. The molecule has 2 aliphatic rings. The molecule has 1 spiro atoms. The molecule has 0 radical (unpaired) electrons. The first-order valence-electron chi connectivity index (χ1n) is 8.71. The Morgan fingerprint density at radius 2 is 1.77 bits per heavy atom. The van der Waals surface area contributed by atoms with Crippen molar-refractivity contribution in [2.45, 2.75) is 37.6 Å². The molecule has 1 saturated carbocycles. The van der Waals surface area contributed by atoms with Gasteiger partial charge in [-0.2, -0.15) is 0 Å². The molecule has 3 N–H and O–H groups in total. The molecule has 1 aromatic carbocycles. The monoisotopic (exact) mass is 358 g/mol. The molecular formula is C18H22N4O4. The second-order valence-corrected chi connectivity index (χ2v) is 6.67. The predicted molar refractivity (Wildman–Crippen MR) is 94.5 cm³/mol. The van der Waals surface area contributed by atoms with Gasteiger partial charge in [0.25, 0.3) is 11.8 Å². The molecule has 3 rings (SSSR count). The lowest BCUT2D eigenvalue weighted by molar-refractivity contribution is -0.134. The highest BCUT2D eigenvalue weighted by Gasteiger charge is 2.51. The highest BCUT2D eigenvalue weighted by Crippen LogP contribution is 2.33. The molecule has 8 heteroatoms. The van der Waals surface area contributed by atoms with E-state index in [2.05, 4.69) is 16.0 Å². The van der Waals surface area contributed by atoms with Crippen LogP contribution >= 0.6 is 0 Å². The summed E-state index contributed by atoms with van der Waals surface area (Å²) in [5.74, 6) is -0.999. The van der Waals surface area contributed by atoms with Crippen molar-refractivity contribution in [3.63, 3.8) is 0 Å². The van der Waals surface area contributed by atoms with Crippen molar-refractivity contribution >= 4 is 29.4 Å². The van der Waals surface area contributed by atoms with Gasteiger partial charge in [0.05, 0.1) is 0 Å². The third kappa shape index (κ3) is 3.40. The molecule has 0 atom stereocenters. The molecule has 26 heavy (non-hydrogen) atoms. The van der Waals surface area contributed by atoms with E-state index in [1.807, 2.05) is 0 Å². The first-order valence-corrected chi connectivity index (χ1v) is 8.71. The van der Waals surface area contributed by atoms with Crippen molar-refractivity contribution in [3.05, 3.63) is 29.8 Å². The number of benzene rings is 1. The second kappa shape index (κ2) is 7.15. The number of hydrogen-bond donors (Lipinski definition) is 3. The maximum atomic E-state index is 12.7. The molecule has 1 aromatic rings. The summed E-state index contributed by atoms with van der Waals surface area (Å²) in [6.07, 6.45) is 4.08. The number of amides is 5. The molecule has 1 aliphatic heterocycles. The third-order valence-corrected chi connectivity index (χ3v) is 4.91. The Kier molecular flexibility index (Phi) is 4.92. The van der Waals surface area contributed by atoms with Crippen molar-refractivity contribution in [3.8, 4) is 0 Å². The fourth-order valence-electron chi connectivity index (χ4n) is 3.51. The van der Waals surface area contributed by atoms with E-state index in [4.69, 9.17) is 0 Å². The van der Waals surface area contributed by atoms with Crippen molar-refractivity contribution < 1.29 is 19.2 Å². The van der Waals surface area contributed by atoms with Crippen molar-refractivity contribution in [2.75, 3.05) is 18.9 Å². The van der Waals surface area contributed by atoms with E-state index in [1.165, 1.54) is 7.05 Å².